The molecule has 0 amide bonds. The molecule has 0 fully saturated rings. The van der Waals surface area contributed by atoms with E-state index >= 15 is 0 Å². The highest BCUT2D eigenvalue weighted by atomic mass is 28.3. The first kappa shape index (κ1) is 17.7. The zero-order chi connectivity index (χ0) is 16.9. The van der Waals surface area contributed by atoms with Crippen molar-refractivity contribution >= 4 is 24.7 Å². The van der Waals surface area contributed by atoms with E-state index in [1.807, 2.05) is 0 Å². The van der Waals surface area contributed by atoms with Gasteiger partial charge in [0.15, 0.2) is 0 Å². The summed E-state index contributed by atoms with van der Waals surface area (Å²) >= 11 is 0. The lowest BCUT2D eigenvalue weighted by Crippen LogP contribution is -2.43. The fourth-order valence-electron chi connectivity index (χ4n) is 2.71. The van der Waals surface area contributed by atoms with E-state index in [0.29, 0.717) is 0 Å². The summed E-state index contributed by atoms with van der Waals surface area (Å²) in [6.07, 6.45) is 0. The molecule has 0 heterocycles. The maximum atomic E-state index is 6.00. The van der Waals surface area contributed by atoms with Crippen molar-refractivity contribution in [3.8, 4) is 0 Å². The van der Waals surface area contributed by atoms with Gasteiger partial charge in [0.25, 0.3) is 0 Å². The van der Waals surface area contributed by atoms with Gasteiger partial charge in [0.1, 0.15) is 8.80 Å². The molecule has 0 aliphatic rings. The van der Waals surface area contributed by atoms with Gasteiger partial charge in [-0.25, -0.2) is 0 Å². The van der Waals surface area contributed by atoms with Crippen LogP contribution < -0.4 is 10.4 Å². The lowest BCUT2D eigenvalue weighted by atomic mass is 10.1. The summed E-state index contributed by atoms with van der Waals surface area (Å²) in [5.41, 5.74) is 2.29. The van der Waals surface area contributed by atoms with Crippen molar-refractivity contribution in [2.75, 3.05) is 6.61 Å². The molecule has 0 aliphatic heterocycles. The van der Waals surface area contributed by atoms with Crippen LogP contribution in [0.4, 0.5) is 0 Å². The molecule has 2 aromatic carbocycles. The minimum absolute atomic E-state index is 0.0742. The normalized spacial score (nSPS) is 12.9. The lowest BCUT2D eigenvalue weighted by molar-refractivity contribution is 0.00526. The van der Waals surface area contributed by atoms with Gasteiger partial charge in [0.2, 0.25) is 0 Å². The fourth-order valence-corrected chi connectivity index (χ4v) is 5.53. The number of ether oxygens (including phenoxy) is 1. The summed E-state index contributed by atoms with van der Waals surface area (Å²) < 4.78 is 6.00. The van der Waals surface area contributed by atoms with E-state index in [-0.39, 0.29) is 5.60 Å². The summed E-state index contributed by atoms with van der Waals surface area (Å²) in [5.74, 6) is 0. The summed E-state index contributed by atoms with van der Waals surface area (Å²) in [6.45, 7) is 13.3. The molecule has 1 nitrogen and oxygen atoms in total. The van der Waals surface area contributed by atoms with Crippen molar-refractivity contribution in [1.29, 1.82) is 0 Å². The van der Waals surface area contributed by atoms with Crippen LogP contribution in [0.15, 0.2) is 61.2 Å². The van der Waals surface area contributed by atoms with Gasteiger partial charge < -0.3 is 4.74 Å². The molecule has 1 unspecified atom stereocenters. The largest absolute Gasteiger partial charge is 0.376 e. The van der Waals surface area contributed by atoms with Gasteiger partial charge in [-0.1, -0.05) is 77.1 Å². The maximum Gasteiger partial charge on any atom is 0.105 e. The highest BCUT2D eigenvalue weighted by Gasteiger charge is 2.18. The monoisotopic (exact) mass is 324 g/mol. The molecule has 2 aromatic rings. The second kappa shape index (κ2) is 7.76. The molecule has 0 N–H and O–H groups in total. The van der Waals surface area contributed by atoms with Crippen LogP contribution in [0.5, 0.6) is 0 Å². The van der Waals surface area contributed by atoms with E-state index in [9.17, 15) is 0 Å². The Bertz CT molecular complexity index is 640. The van der Waals surface area contributed by atoms with Crippen LogP contribution in [0.2, 0.25) is 6.04 Å². The van der Waals surface area contributed by atoms with Crippen molar-refractivity contribution in [2.24, 2.45) is 0 Å². The molecule has 0 aromatic heterocycles. The van der Waals surface area contributed by atoms with Gasteiger partial charge in [-0.3, -0.25) is 0 Å². The van der Waals surface area contributed by atoms with E-state index in [1.165, 1.54) is 15.9 Å². The summed E-state index contributed by atoms with van der Waals surface area (Å²) in [4.78, 5) is 0. The molecule has 0 spiro atoms. The van der Waals surface area contributed by atoms with Gasteiger partial charge in [0, 0.05) is 6.61 Å². The third kappa shape index (κ3) is 5.49. The minimum Gasteiger partial charge on any atom is -0.376 e. The number of hydrogen-bond acceptors (Lipinski definition) is 1. The van der Waals surface area contributed by atoms with Gasteiger partial charge in [-0.15, -0.1) is 0 Å². The highest BCUT2D eigenvalue weighted by Crippen LogP contribution is 2.12. The van der Waals surface area contributed by atoms with E-state index in [1.54, 1.807) is 0 Å². The van der Waals surface area contributed by atoms with Crippen LogP contribution in [0.3, 0.4) is 0 Å². The quantitative estimate of drug-likeness (QED) is 0.733. The Kier molecular flexibility index (Phi) is 5.97. The number of rotatable bonds is 6. The average molecular weight is 325 g/mol. The first-order valence-electron chi connectivity index (χ1n) is 8.31. The minimum atomic E-state index is -1.28. The highest BCUT2D eigenvalue weighted by molar-refractivity contribution is 6.85. The van der Waals surface area contributed by atoms with E-state index < -0.39 is 8.80 Å². The van der Waals surface area contributed by atoms with Crippen LogP contribution >= 0.6 is 0 Å². The zero-order valence-electron chi connectivity index (χ0n) is 14.8. The third-order valence-electron chi connectivity index (χ3n) is 3.93. The van der Waals surface area contributed by atoms with Crippen molar-refractivity contribution < 1.29 is 4.74 Å². The first-order chi connectivity index (χ1) is 10.9. The Morgan fingerprint density at radius 1 is 1.00 bits per heavy atom. The van der Waals surface area contributed by atoms with Crippen LogP contribution in [-0.2, 0) is 4.74 Å². The third-order valence-corrected chi connectivity index (χ3v) is 7.09. The van der Waals surface area contributed by atoms with Crippen molar-refractivity contribution in [3.05, 3.63) is 66.7 Å². The molecule has 0 saturated carbocycles. The van der Waals surface area contributed by atoms with Crippen LogP contribution in [0.25, 0.3) is 5.57 Å². The Hall–Kier alpha value is -1.64. The Labute approximate surface area is 142 Å². The predicted octanol–water partition coefficient (Wildman–Crippen LogP) is 3.88. The smallest absolute Gasteiger partial charge is 0.105 e. The molecular weight excluding hydrogens is 296 g/mol. The van der Waals surface area contributed by atoms with Crippen LogP contribution in [-0.4, -0.2) is 21.0 Å². The van der Waals surface area contributed by atoms with Crippen molar-refractivity contribution in [1.82, 2.24) is 0 Å². The Morgan fingerprint density at radius 3 is 2.26 bits per heavy atom. The van der Waals surface area contributed by atoms with Crippen LogP contribution in [0.1, 0.15) is 33.3 Å². The average Bonchev–Trinajstić information content (AvgIpc) is 2.51. The van der Waals surface area contributed by atoms with Crippen LogP contribution in [0, 0.1) is 0 Å². The van der Waals surface area contributed by atoms with E-state index in [0.717, 1.165) is 18.2 Å². The molecule has 122 valence electrons. The molecule has 2 rings (SSSR count). The Morgan fingerprint density at radius 2 is 1.65 bits per heavy atom. The lowest BCUT2D eigenvalue weighted by Gasteiger charge is -2.23. The molecule has 0 aliphatic carbocycles. The SMILES string of the molecule is C=C(C)c1cccc([SiH](CCOC(C)(C)C)c2ccccc2)c1. The van der Waals surface area contributed by atoms with Crippen molar-refractivity contribution in [3.63, 3.8) is 0 Å². The van der Waals surface area contributed by atoms with Gasteiger partial charge >= 0.3 is 0 Å². The molecule has 23 heavy (non-hydrogen) atoms. The number of benzene rings is 2. The standard InChI is InChI=1S/C21H28OSi/c1-17(2)18-10-9-13-20(16-18)23(15-14-22-21(3,4)5)19-11-7-6-8-12-19/h6-13,16,23H,1,14-15H2,2-5H3. The van der Waals surface area contributed by atoms with Gasteiger partial charge in [-0.2, -0.15) is 0 Å². The van der Waals surface area contributed by atoms with Crippen molar-refractivity contribution in [2.45, 2.75) is 39.3 Å². The molecule has 0 radical (unpaired) electrons. The molecular formula is C21H28OSi. The Balaban J connectivity index is 2.26. The van der Waals surface area contributed by atoms with Gasteiger partial charge in [-0.05, 0) is 39.3 Å². The number of allylic oxidation sites excluding steroid dienone is 1. The second-order valence-corrected chi connectivity index (χ2v) is 10.1. The maximum absolute atomic E-state index is 6.00. The molecule has 0 bridgehead atoms. The van der Waals surface area contributed by atoms with E-state index in [2.05, 4.69) is 88.9 Å². The summed E-state index contributed by atoms with van der Waals surface area (Å²) in [5, 5.41) is 2.94. The number of hydrogen-bond donors (Lipinski definition) is 0. The zero-order valence-corrected chi connectivity index (χ0v) is 16.0. The summed E-state index contributed by atoms with van der Waals surface area (Å²) in [7, 11) is -1.28. The molecule has 0 saturated heterocycles. The molecule has 2 heteroatoms. The van der Waals surface area contributed by atoms with Gasteiger partial charge in [0.05, 0.1) is 5.60 Å². The first-order valence-corrected chi connectivity index (χ1v) is 10.3. The predicted molar refractivity (Wildman–Crippen MR) is 105 cm³/mol. The second-order valence-electron chi connectivity index (χ2n) is 7.12. The summed E-state index contributed by atoms with van der Waals surface area (Å²) in [6, 6.07) is 20.9. The van der Waals surface area contributed by atoms with E-state index in [4.69, 9.17) is 4.74 Å². The molecule has 1 atom stereocenters. The topological polar surface area (TPSA) is 9.23 Å². The fraction of sp³-hybridized carbons (Fsp3) is 0.333.